The molecule has 3 aromatic heterocycles. The molecular weight excluding hydrogens is 396 g/mol. The average molecular weight is 418 g/mol. The van der Waals surface area contributed by atoms with Crippen molar-refractivity contribution in [1.82, 2.24) is 29.5 Å². The molecule has 10 nitrogen and oxygen atoms in total. The largest absolute Gasteiger partial charge is 0.381 e. The number of rotatable bonds is 4. The molecule has 158 valence electrons. The fourth-order valence-electron chi connectivity index (χ4n) is 4.69. The van der Waals surface area contributed by atoms with E-state index in [1.807, 2.05) is 6.07 Å². The Kier molecular flexibility index (Phi) is 4.79. The third kappa shape index (κ3) is 3.20. The van der Waals surface area contributed by atoms with Gasteiger partial charge in [0, 0.05) is 25.3 Å². The summed E-state index contributed by atoms with van der Waals surface area (Å²) in [5, 5.41) is 27.6. The highest BCUT2D eigenvalue weighted by Crippen LogP contribution is 2.44. The van der Waals surface area contributed by atoms with Crippen molar-refractivity contribution in [3.05, 3.63) is 39.8 Å². The maximum Gasteiger partial charge on any atom is 0.263 e. The van der Waals surface area contributed by atoms with Crippen LogP contribution in [0, 0.1) is 28.6 Å². The third-order valence-electron chi connectivity index (χ3n) is 6.68. The van der Waals surface area contributed by atoms with Gasteiger partial charge in [0.1, 0.15) is 23.3 Å². The van der Waals surface area contributed by atoms with Crippen LogP contribution < -0.4 is 5.56 Å². The summed E-state index contributed by atoms with van der Waals surface area (Å²) in [5.74, 6) is 0.904. The third-order valence-corrected chi connectivity index (χ3v) is 6.68. The standard InChI is InChI=1S/C21H22N8O2/c1-12(14-4-6-31-7-5-14)29-20-18(16(9-23)27-29)21(30)26-19(25-20)15-2-3-17(15)28-11-13(8-22)10-24-28/h10-12,14-15,17H,2-7H2,1H3,(H,25,26,30). The molecule has 0 radical (unpaired) electrons. The summed E-state index contributed by atoms with van der Waals surface area (Å²) < 4.78 is 9.00. The van der Waals surface area contributed by atoms with E-state index in [0.717, 1.165) is 25.7 Å². The number of ether oxygens (including phenoxy) is 1. The van der Waals surface area contributed by atoms with Gasteiger partial charge in [-0.3, -0.25) is 9.48 Å². The van der Waals surface area contributed by atoms with Crippen molar-refractivity contribution >= 4 is 11.0 Å². The van der Waals surface area contributed by atoms with Crippen LogP contribution in [0.5, 0.6) is 0 Å². The number of hydrogen-bond donors (Lipinski definition) is 1. The van der Waals surface area contributed by atoms with Crippen LogP contribution in [0.1, 0.15) is 67.7 Å². The van der Waals surface area contributed by atoms with E-state index in [-0.39, 0.29) is 34.6 Å². The molecule has 10 heteroatoms. The highest BCUT2D eigenvalue weighted by atomic mass is 16.5. The van der Waals surface area contributed by atoms with Gasteiger partial charge < -0.3 is 9.72 Å². The van der Waals surface area contributed by atoms with Gasteiger partial charge in [0.05, 0.1) is 23.8 Å². The number of H-pyrrole nitrogens is 1. The summed E-state index contributed by atoms with van der Waals surface area (Å²) in [6.07, 6.45) is 6.82. The number of fused-ring (bicyclic) bond motifs is 1. The molecule has 0 amide bonds. The van der Waals surface area contributed by atoms with Crippen LogP contribution in [-0.4, -0.2) is 42.7 Å². The van der Waals surface area contributed by atoms with Crippen molar-refractivity contribution < 1.29 is 4.74 Å². The van der Waals surface area contributed by atoms with Crippen LogP contribution in [0.25, 0.3) is 11.0 Å². The van der Waals surface area contributed by atoms with Gasteiger partial charge in [-0.1, -0.05) is 0 Å². The normalized spacial score (nSPS) is 22.5. The fraction of sp³-hybridized carbons (Fsp3) is 0.524. The van der Waals surface area contributed by atoms with Crippen molar-refractivity contribution in [3.63, 3.8) is 0 Å². The van der Waals surface area contributed by atoms with Gasteiger partial charge in [-0.2, -0.15) is 20.7 Å². The van der Waals surface area contributed by atoms with Crippen LogP contribution in [0.3, 0.4) is 0 Å². The molecule has 5 rings (SSSR count). The number of nitriles is 2. The molecule has 4 heterocycles. The van der Waals surface area contributed by atoms with Crippen molar-refractivity contribution in [3.8, 4) is 12.1 Å². The van der Waals surface area contributed by atoms with Crippen molar-refractivity contribution in [2.45, 2.75) is 50.6 Å². The fourth-order valence-corrected chi connectivity index (χ4v) is 4.69. The van der Waals surface area contributed by atoms with Gasteiger partial charge in [-0.05, 0) is 38.5 Å². The summed E-state index contributed by atoms with van der Waals surface area (Å²) in [5.41, 5.74) is 0.721. The second-order valence-corrected chi connectivity index (χ2v) is 8.32. The van der Waals surface area contributed by atoms with E-state index in [2.05, 4.69) is 28.2 Å². The van der Waals surface area contributed by atoms with E-state index in [1.54, 1.807) is 21.8 Å². The Morgan fingerprint density at radius 2 is 2.03 bits per heavy atom. The maximum atomic E-state index is 12.9. The summed E-state index contributed by atoms with van der Waals surface area (Å²) in [6.45, 7) is 3.47. The first-order valence-electron chi connectivity index (χ1n) is 10.5. The molecular formula is C21H22N8O2. The van der Waals surface area contributed by atoms with E-state index in [1.165, 1.54) is 0 Å². The minimum Gasteiger partial charge on any atom is -0.381 e. The molecule has 1 saturated heterocycles. The van der Waals surface area contributed by atoms with Crippen molar-refractivity contribution in [1.29, 1.82) is 10.5 Å². The molecule has 31 heavy (non-hydrogen) atoms. The summed E-state index contributed by atoms with van der Waals surface area (Å²) >= 11 is 0. The Bertz CT molecular complexity index is 1270. The molecule has 1 saturated carbocycles. The van der Waals surface area contributed by atoms with Gasteiger partial charge in [0.2, 0.25) is 0 Å². The zero-order chi connectivity index (χ0) is 21.5. The second kappa shape index (κ2) is 7.64. The predicted octanol–water partition coefficient (Wildman–Crippen LogP) is 2.17. The number of aromatic nitrogens is 6. The monoisotopic (exact) mass is 418 g/mol. The highest BCUT2D eigenvalue weighted by Gasteiger charge is 2.37. The molecule has 1 aliphatic carbocycles. The first kappa shape index (κ1) is 19.5. The Labute approximate surface area is 178 Å². The van der Waals surface area contributed by atoms with Gasteiger partial charge in [0.25, 0.3) is 5.56 Å². The van der Waals surface area contributed by atoms with E-state index in [0.29, 0.717) is 36.2 Å². The van der Waals surface area contributed by atoms with E-state index < -0.39 is 0 Å². The lowest BCUT2D eigenvalue weighted by Gasteiger charge is -2.35. The van der Waals surface area contributed by atoms with Gasteiger partial charge >= 0.3 is 0 Å². The molecule has 2 fully saturated rings. The SMILES string of the molecule is CC(C1CCOCC1)n1nc(C#N)c2c(=O)[nH]c(C3CCC3n3cc(C#N)cn3)nc21. The molecule has 0 aromatic carbocycles. The number of nitrogens with zero attached hydrogens (tertiary/aromatic N) is 7. The van der Waals surface area contributed by atoms with Crippen LogP contribution >= 0.6 is 0 Å². The summed E-state index contributed by atoms with van der Waals surface area (Å²) in [4.78, 5) is 20.6. The number of hydrogen-bond acceptors (Lipinski definition) is 7. The first-order chi connectivity index (χ1) is 15.1. The number of nitrogens with one attached hydrogen (secondary N) is 1. The topological polar surface area (TPSA) is 138 Å². The minimum absolute atomic E-state index is 0.00265. The Hall–Kier alpha value is -3.50. The molecule has 2 aliphatic rings. The molecule has 3 unspecified atom stereocenters. The maximum absolute atomic E-state index is 12.9. The quantitative estimate of drug-likeness (QED) is 0.685. The van der Waals surface area contributed by atoms with Crippen LogP contribution in [0.2, 0.25) is 0 Å². The molecule has 1 aliphatic heterocycles. The molecule has 3 aromatic rings. The lowest BCUT2D eigenvalue weighted by Crippen LogP contribution is -2.31. The van der Waals surface area contributed by atoms with Gasteiger partial charge in [-0.15, -0.1) is 0 Å². The lowest BCUT2D eigenvalue weighted by molar-refractivity contribution is 0.0501. The van der Waals surface area contributed by atoms with Gasteiger partial charge in [0.15, 0.2) is 11.3 Å². The molecule has 3 atom stereocenters. The van der Waals surface area contributed by atoms with E-state index in [4.69, 9.17) is 15.0 Å². The Balaban J connectivity index is 1.55. The molecule has 0 spiro atoms. The zero-order valence-corrected chi connectivity index (χ0v) is 17.2. The minimum atomic E-state index is -0.342. The Morgan fingerprint density at radius 1 is 1.23 bits per heavy atom. The van der Waals surface area contributed by atoms with Crippen LogP contribution in [-0.2, 0) is 4.74 Å². The lowest BCUT2D eigenvalue weighted by atomic mass is 9.79. The second-order valence-electron chi connectivity index (χ2n) is 8.32. The zero-order valence-electron chi connectivity index (χ0n) is 17.2. The van der Waals surface area contributed by atoms with E-state index >= 15 is 0 Å². The highest BCUT2D eigenvalue weighted by molar-refractivity contribution is 5.80. The number of aromatic amines is 1. The first-order valence-corrected chi connectivity index (χ1v) is 10.5. The molecule has 1 N–H and O–H groups in total. The summed E-state index contributed by atoms with van der Waals surface area (Å²) in [6, 6.07) is 4.17. The van der Waals surface area contributed by atoms with Gasteiger partial charge in [-0.25, -0.2) is 9.67 Å². The Morgan fingerprint density at radius 3 is 2.68 bits per heavy atom. The van der Waals surface area contributed by atoms with Crippen molar-refractivity contribution in [2.24, 2.45) is 5.92 Å². The van der Waals surface area contributed by atoms with Crippen LogP contribution in [0.15, 0.2) is 17.2 Å². The smallest absolute Gasteiger partial charge is 0.263 e. The van der Waals surface area contributed by atoms with E-state index in [9.17, 15) is 10.1 Å². The van der Waals surface area contributed by atoms with Crippen molar-refractivity contribution in [2.75, 3.05) is 13.2 Å². The predicted molar refractivity (Wildman–Crippen MR) is 109 cm³/mol. The summed E-state index contributed by atoms with van der Waals surface area (Å²) in [7, 11) is 0. The van der Waals surface area contributed by atoms with Crippen LogP contribution in [0.4, 0.5) is 0 Å². The average Bonchev–Trinajstić information content (AvgIpc) is 3.38. The molecule has 0 bridgehead atoms.